The van der Waals surface area contributed by atoms with Crippen LogP contribution in [0.3, 0.4) is 0 Å². The molecule has 0 amide bonds. The summed E-state index contributed by atoms with van der Waals surface area (Å²) < 4.78 is 5.84. The molecule has 1 aliphatic rings. The van der Waals surface area contributed by atoms with E-state index in [0.717, 1.165) is 29.0 Å². The molecule has 3 rings (SSSR count). The van der Waals surface area contributed by atoms with Crippen LogP contribution in [-0.2, 0) is 6.42 Å². The van der Waals surface area contributed by atoms with Crippen LogP contribution >= 0.6 is 0 Å². The zero-order chi connectivity index (χ0) is 13.4. The van der Waals surface area contributed by atoms with E-state index in [9.17, 15) is 5.11 Å². The summed E-state index contributed by atoms with van der Waals surface area (Å²) >= 11 is 0. The third kappa shape index (κ3) is 2.12. The highest BCUT2D eigenvalue weighted by atomic mass is 16.5. The number of anilines is 1. The number of phenolic OH excluding ortho intramolecular Hbond substituents is 1. The molecule has 0 radical (unpaired) electrons. The fraction of sp³-hybridized carbons (Fsp3) is 0.250. The Morgan fingerprint density at radius 2 is 1.89 bits per heavy atom. The van der Waals surface area contributed by atoms with Crippen LogP contribution in [0, 0.1) is 6.92 Å². The van der Waals surface area contributed by atoms with Crippen LogP contribution in [0.5, 0.6) is 11.5 Å². The molecule has 3 N–H and O–H groups in total. The van der Waals surface area contributed by atoms with E-state index in [1.807, 2.05) is 25.1 Å². The first-order valence-electron chi connectivity index (χ1n) is 6.45. The summed E-state index contributed by atoms with van der Waals surface area (Å²) in [4.78, 5) is 0. The van der Waals surface area contributed by atoms with Crippen LogP contribution in [0.15, 0.2) is 36.4 Å². The third-order valence-corrected chi connectivity index (χ3v) is 3.76. The molecule has 1 aliphatic heterocycles. The van der Waals surface area contributed by atoms with Crippen LogP contribution in [0.4, 0.5) is 5.69 Å². The highest BCUT2D eigenvalue weighted by Crippen LogP contribution is 2.38. The van der Waals surface area contributed by atoms with Gasteiger partial charge in [-0.2, -0.15) is 0 Å². The molecule has 3 nitrogen and oxygen atoms in total. The lowest BCUT2D eigenvalue weighted by Gasteiger charge is -2.27. The van der Waals surface area contributed by atoms with Gasteiger partial charge in [-0.15, -0.1) is 0 Å². The molecule has 1 atom stereocenters. The molecule has 0 saturated heterocycles. The largest absolute Gasteiger partial charge is 0.508 e. The van der Waals surface area contributed by atoms with E-state index in [1.165, 1.54) is 5.56 Å². The number of nitrogens with two attached hydrogens (primary N) is 1. The van der Waals surface area contributed by atoms with Crippen molar-refractivity contribution in [2.75, 3.05) is 12.3 Å². The van der Waals surface area contributed by atoms with Gasteiger partial charge in [-0.05, 0) is 42.7 Å². The number of hydrogen-bond donors (Lipinski definition) is 2. The Kier molecular flexibility index (Phi) is 2.82. The normalized spacial score (nSPS) is 17.6. The molecule has 0 bridgehead atoms. The van der Waals surface area contributed by atoms with E-state index < -0.39 is 0 Å². The summed E-state index contributed by atoms with van der Waals surface area (Å²) in [5.74, 6) is 1.48. The van der Waals surface area contributed by atoms with Crippen molar-refractivity contribution in [3.8, 4) is 11.5 Å². The molecule has 98 valence electrons. The zero-order valence-electron chi connectivity index (χ0n) is 10.9. The van der Waals surface area contributed by atoms with Crippen LogP contribution in [0.1, 0.15) is 22.6 Å². The fourth-order valence-corrected chi connectivity index (χ4v) is 2.59. The molecular weight excluding hydrogens is 238 g/mol. The lowest BCUT2D eigenvalue weighted by atomic mass is 9.89. The van der Waals surface area contributed by atoms with Gasteiger partial charge in [0.15, 0.2) is 0 Å². The summed E-state index contributed by atoms with van der Waals surface area (Å²) in [5.41, 5.74) is 9.71. The lowest BCUT2D eigenvalue weighted by Crippen LogP contribution is -2.19. The maximum atomic E-state index is 9.69. The Balaban J connectivity index is 1.90. The average molecular weight is 255 g/mol. The second-order valence-corrected chi connectivity index (χ2v) is 5.08. The maximum Gasteiger partial charge on any atom is 0.129 e. The van der Waals surface area contributed by atoms with Gasteiger partial charge >= 0.3 is 0 Å². The van der Waals surface area contributed by atoms with Crippen molar-refractivity contribution in [3.63, 3.8) is 0 Å². The molecule has 0 saturated carbocycles. The second-order valence-electron chi connectivity index (χ2n) is 5.08. The molecule has 19 heavy (non-hydrogen) atoms. The van der Waals surface area contributed by atoms with Crippen molar-refractivity contribution in [1.29, 1.82) is 0 Å². The highest BCUT2D eigenvalue weighted by Gasteiger charge is 2.23. The molecule has 1 heterocycles. The molecular formula is C16H17NO2. The Hall–Kier alpha value is -2.16. The molecule has 0 aromatic heterocycles. The standard InChI is InChI=1S/C16H17NO2/c1-10-15(18)7-4-12-8-13(9-19-16(10)12)11-2-5-14(17)6-3-11/h2-7,13,18H,8-9,17H2,1H3. The highest BCUT2D eigenvalue weighted by molar-refractivity contribution is 5.50. The number of ether oxygens (including phenoxy) is 1. The number of aromatic hydroxyl groups is 1. The van der Waals surface area contributed by atoms with Crippen LogP contribution in [0.25, 0.3) is 0 Å². The van der Waals surface area contributed by atoms with E-state index in [4.69, 9.17) is 10.5 Å². The molecule has 2 aromatic rings. The van der Waals surface area contributed by atoms with E-state index in [-0.39, 0.29) is 0 Å². The average Bonchev–Trinajstić information content (AvgIpc) is 2.43. The van der Waals surface area contributed by atoms with Crippen molar-refractivity contribution in [2.45, 2.75) is 19.3 Å². The molecule has 0 aliphatic carbocycles. The molecule has 1 unspecified atom stereocenters. The van der Waals surface area contributed by atoms with Gasteiger partial charge in [0.1, 0.15) is 11.5 Å². The number of benzene rings is 2. The summed E-state index contributed by atoms with van der Waals surface area (Å²) in [6.07, 6.45) is 0.931. The first-order valence-corrected chi connectivity index (χ1v) is 6.45. The minimum Gasteiger partial charge on any atom is -0.508 e. The molecule has 2 aromatic carbocycles. The number of nitrogen functional groups attached to an aromatic ring is 1. The summed E-state index contributed by atoms with van der Waals surface area (Å²) in [6.45, 7) is 2.53. The van der Waals surface area contributed by atoms with Crippen molar-refractivity contribution < 1.29 is 9.84 Å². The molecule has 0 fully saturated rings. The van der Waals surface area contributed by atoms with Crippen molar-refractivity contribution in [2.24, 2.45) is 0 Å². The van der Waals surface area contributed by atoms with E-state index in [1.54, 1.807) is 6.07 Å². The van der Waals surface area contributed by atoms with Gasteiger partial charge < -0.3 is 15.6 Å². The van der Waals surface area contributed by atoms with Crippen molar-refractivity contribution >= 4 is 5.69 Å². The first-order chi connectivity index (χ1) is 9.15. The zero-order valence-corrected chi connectivity index (χ0v) is 10.9. The quantitative estimate of drug-likeness (QED) is 0.770. The SMILES string of the molecule is Cc1c(O)ccc2c1OCC(c1ccc(N)cc1)C2. The van der Waals surface area contributed by atoms with Gasteiger partial charge in [0.05, 0.1) is 6.61 Å². The predicted octanol–water partition coefficient (Wildman–Crippen LogP) is 3.00. The maximum absolute atomic E-state index is 9.69. The molecule has 0 spiro atoms. The topological polar surface area (TPSA) is 55.5 Å². The van der Waals surface area contributed by atoms with E-state index in [2.05, 4.69) is 12.1 Å². The van der Waals surface area contributed by atoms with Crippen LogP contribution in [-0.4, -0.2) is 11.7 Å². The summed E-state index contributed by atoms with van der Waals surface area (Å²) in [5, 5.41) is 9.69. The van der Waals surface area contributed by atoms with Crippen LogP contribution in [0.2, 0.25) is 0 Å². The number of fused-ring (bicyclic) bond motifs is 1. The lowest BCUT2D eigenvalue weighted by molar-refractivity contribution is 0.259. The third-order valence-electron chi connectivity index (χ3n) is 3.76. The smallest absolute Gasteiger partial charge is 0.129 e. The van der Waals surface area contributed by atoms with Gasteiger partial charge in [-0.3, -0.25) is 0 Å². The summed E-state index contributed by atoms with van der Waals surface area (Å²) in [7, 11) is 0. The van der Waals surface area contributed by atoms with E-state index >= 15 is 0 Å². The van der Waals surface area contributed by atoms with E-state index in [0.29, 0.717) is 18.3 Å². The number of hydrogen-bond acceptors (Lipinski definition) is 3. The minimum absolute atomic E-state index is 0.296. The Labute approximate surface area is 112 Å². The fourth-order valence-electron chi connectivity index (χ4n) is 2.59. The minimum atomic E-state index is 0.296. The Morgan fingerprint density at radius 3 is 2.63 bits per heavy atom. The van der Waals surface area contributed by atoms with Gasteiger partial charge in [-0.1, -0.05) is 18.2 Å². The predicted molar refractivity (Wildman–Crippen MR) is 75.6 cm³/mol. The van der Waals surface area contributed by atoms with Crippen LogP contribution < -0.4 is 10.5 Å². The Bertz CT molecular complexity index is 605. The monoisotopic (exact) mass is 255 g/mol. The number of phenols is 1. The van der Waals surface area contributed by atoms with Crippen molar-refractivity contribution in [3.05, 3.63) is 53.1 Å². The number of rotatable bonds is 1. The van der Waals surface area contributed by atoms with Gasteiger partial charge in [0, 0.05) is 17.2 Å². The van der Waals surface area contributed by atoms with Crippen molar-refractivity contribution in [1.82, 2.24) is 0 Å². The van der Waals surface area contributed by atoms with Gasteiger partial charge in [0.25, 0.3) is 0 Å². The molecule has 3 heteroatoms. The van der Waals surface area contributed by atoms with Gasteiger partial charge in [-0.25, -0.2) is 0 Å². The second kappa shape index (κ2) is 4.50. The Morgan fingerprint density at radius 1 is 1.16 bits per heavy atom. The summed E-state index contributed by atoms with van der Waals surface area (Å²) in [6, 6.07) is 11.6. The van der Waals surface area contributed by atoms with Gasteiger partial charge in [0.2, 0.25) is 0 Å². The first kappa shape index (κ1) is 11.9.